The molecule has 4 rings (SSSR count). The Morgan fingerprint density at radius 2 is 2.00 bits per heavy atom. The predicted molar refractivity (Wildman–Crippen MR) is 88.1 cm³/mol. The van der Waals surface area contributed by atoms with E-state index in [4.69, 9.17) is 14.2 Å². The number of carbonyl (C=O) groups is 1. The molecule has 0 radical (unpaired) electrons. The first-order valence-electron chi connectivity index (χ1n) is 8.75. The molecule has 2 saturated heterocycles. The number of rotatable bonds is 3. The fourth-order valence-electron chi connectivity index (χ4n) is 3.56. The molecule has 0 aliphatic carbocycles. The van der Waals surface area contributed by atoms with Gasteiger partial charge in [0.05, 0.1) is 26.4 Å². The van der Waals surface area contributed by atoms with Gasteiger partial charge in [-0.1, -0.05) is 12.1 Å². The fourth-order valence-corrected chi connectivity index (χ4v) is 3.56. The molecule has 3 heterocycles. The molecule has 3 aliphatic heterocycles. The van der Waals surface area contributed by atoms with Crippen LogP contribution in [0.15, 0.2) is 18.2 Å². The maximum atomic E-state index is 12.4. The zero-order valence-corrected chi connectivity index (χ0v) is 13.9. The molecule has 0 spiro atoms. The van der Waals surface area contributed by atoms with Crippen LogP contribution >= 0.6 is 0 Å². The number of hydrogen-bond donors (Lipinski definition) is 0. The number of hydrogen-bond acceptors (Lipinski definition) is 5. The van der Waals surface area contributed by atoms with Gasteiger partial charge in [0.2, 0.25) is 0 Å². The quantitative estimate of drug-likeness (QED) is 0.815. The van der Waals surface area contributed by atoms with E-state index >= 15 is 0 Å². The Morgan fingerprint density at radius 3 is 2.79 bits per heavy atom. The lowest BCUT2D eigenvalue weighted by atomic mass is 10.1. The van der Waals surface area contributed by atoms with Gasteiger partial charge >= 0.3 is 0 Å². The number of ether oxygens (including phenoxy) is 3. The number of amides is 1. The van der Waals surface area contributed by atoms with Crippen molar-refractivity contribution in [3.63, 3.8) is 0 Å². The predicted octanol–water partition coefficient (Wildman–Crippen LogP) is 0.681. The van der Waals surface area contributed by atoms with E-state index in [2.05, 4.69) is 23.1 Å². The molecule has 0 N–H and O–H groups in total. The van der Waals surface area contributed by atoms with Gasteiger partial charge in [-0.15, -0.1) is 0 Å². The number of piperazine rings is 1. The van der Waals surface area contributed by atoms with Crippen molar-refractivity contribution in [1.29, 1.82) is 0 Å². The zero-order chi connectivity index (χ0) is 16.4. The summed E-state index contributed by atoms with van der Waals surface area (Å²) in [6.07, 6.45) is 0.594. The average molecular weight is 332 g/mol. The van der Waals surface area contributed by atoms with E-state index in [1.807, 2.05) is 4.90 Å². The molecule has 0 saturated carbocycles. The van der Waals surface area contributed by atoms with Crippen LogP contribution in [0.25, 0.3) is 0 Å². The normalized spacial score (nSPS) is 24.5. The summed E-state index contributed by atoms with van der Waals surface area (Å²) < 4.78 is 16.4. The molecule has 1 atom stereocenters. The van der Waals surface area contributed by atoms with Crippen molar-refractivity contribution in [3.05, 3.63) is 29.3 Å². The van der Waals surface area contributed by atoms with Crippen molar-refractivity contribution < 1.29 is 19.0 Å². The lowest BCUT2D eigenvalue weighted by molar-refractivity contribution is -0.159. The van der Waals surface area contributed by atoms with Gasteiger partial charge in [-0.05, 0) is 17.2 Å². The fraction of sp³-hybridized carbons (Fsp3) is 0.611. The summed E-state index contributed by atoms with van der Waals surface area (Å²) in [5.74, 6) is 1.10. The highest BCUT2D eigenvalue weighted by Crippen LogP contribution is 2.26. The van der Waals surface area contributed by atoms with Crippen LogP contribution in [0, 0.1) is 0 Å². The van der Waals surface area contributed by atoms with Gasteiger partial charge in [0, 0.05) is 39.1 Å². The average Bonchev–Trinajstić information content (AvgIpc) is 3.10. The minimum atomic E-state index is -0.415. The Bertz CT molecular complexity index is 593. The van der Waals surface area contributed by atoms with Gasteiger partial charge in [0.1, 0.15) is 5.75 Å². The Kier molecular flexibility index (Phi) is 4.69. The van der Waals surface area contributed by atoms with Crippen LogP contribution in [0.5, 0.6) is 5.75 Å². The monoisotopic (exact) mass is 332 g/mol. The summed E-state index contributed by atoms with van der Waals surface area (Å²) in [7, 11) is 0. The van der Waals surface area contributed by atoms with Crippen LogP contribution in [0.2, 0.25) is 0 Å². The SMILES string of the molecule is O=C([C@H]1COCCO1)N1CCN(Cc2ccc3c(c2)CCO3)CC1. The third-order valence-corrected chi connectivity index (χ3v) is 4.94. The molecular weight excluding hydrogens is 308 g/mol. The van der Waals surface area contributed by atoms with Crippen LogP contribution in [0.1, 0.15) is 11.1 Å². The van der Waals surface area contributed by atoms with E-state index in [0.29, 0.717) is 19.8 Å². The number of carbonyl (C=O) groups excluding carboxylic acids is 1. The molecule has 130 valence electrons. The minimum Gasteiger partial charge on any atom is -0.493 e. The van der Waals surface area contributed by atoms with Gasteiger partial charge in [0.15, 0.2) is 6.10 Å². The van der Waals surface area contributed by atoms with Gasteiger partial charge in [-0.25, -0.2) is 0 Å². The molecule has 1 aromatic carbocycles. The topological polar surface area (TPSA) is 51.2 Å². The van der Waals surface area contributed by atoms with Crippen LogP contribution in [0.3, 0.4) is 0 Å². The van der Waals surface area contributed by atoms with E-state index in [1.54, 1.807) is 0 Å². The van der Waals surface area contributed by atoms with Crippen LogP contribution in [-0.2, 0) is 27.2 Å². The highest BCUT2D eigenvalue weighted by Gasteiger charge is 2.29. The Hall–Kier alpha value is -1.63. The summed E-state index contributed by atoms with van der Waals surface area (Å²) in [6, 6.07) is 6.49. The maximum absolute atomic E-state index is 12.4. The molecule has 1 aromatic rings. The molecule has 6 nitrogen and oxygen atoms in total. The van der Waals surface area contributed by atoms with E-state index in [9.17, 15) is 4.79 Å². The van der Waals surface area contributed by atoms with Gasteiger partial charge in [0.25, 0.3) is 5.91 Å². The third-order valence-electron chi connectivity index (χ3n) is 4.94. The Balaban J connectivity index is 1.29. The van der Waals surface area contributed by atoms with E-state index in [0.717, 1.165) is 51.5 Å². The zero-order valence-electron chi connectivity index (χ0n) is 13.9. The highest BCUT2D eigenvalue weighted by atomic mass is 16.6. The Labute approximate surface area is 142 Å². The molecule has 1 amide bonds. The number of fused-ring (bicyclic) bond motifs is 1. The van der Waals surface area contributed by atoms with E-state index in [1.165, 1.54) is 11.1 Å². The van der Waals surface area contributed by atoms with Crippen molar-refractivity contribution >= 4 is 5.91 Å². The van der Waals surface area contributed by atoms with Crippen molar-refractivity contribution in [1.82, 2.24) is 9.80 Å². The van der Waals surface area contributed by atoms with Crippen molar-refractivity contribution in [2.24, 2.45) is 0 Å². The summed E-state index contributed by atoms with van der Waals surface area (Å²) >= 11 is 0. The van der Waals surface area contributed by atoms with Crippen LogP contribution in [-0.4, -0.2) is 74.4 Å². The summed E-state index contributed by atoms with van der Waals surface area (Å²) in [5.41, 5.74) is 2.64. The smallest absolute Gasteiger partial charge is 0.254 e. The lowest BCUT2D eigenvalue weighted by Gasteiger charge is -2.37. The molecule has 0 unspecified atom stereocenters. The third kappa shape index (κ3) is 3.41. The molecule has 6 heteroatoms. The van der Waals surface area contributed by atoms with Gasteiger partial charge in [-0.3, -0.25) is 9.69 Å². The Morgan fingerprint density at radius 1 is 1.12 bits per heavy atom. The summed E-state index contributed by atoms with van der Waals surface area (Å²) in [5, 5.41) is 0. The highest BCUT2D eigenvalue weighted by molar-refractivity contribution is 5.81. The van der Waals surface area contributed by atoms with Crippen molar-refractivity contribution in [3.8, 4) is 5.75 Å². The van der Waals surface area contributed by atoms with Crippen LogP contribution in [0.4, 0.5) is 0 Å². The van der Waals surface area contributed by atoms with E-state index < -0.39 is 6.10 Å². The second-order valence-electron chi connectivity index (χ2n) is 6.58. The summed E-state index contributed by atoms with van der Waals surface area (Å²) in [6.45, 7) is 6.52. The number of benzene rings is 1. The second kappa shape index (κ2) is 7.09. The van der Waals surface area contributed by atoms with Crippen molar-refractivity contribution in [2.45, 2.75) is 19.1 Å². The minimum absolute atomic E-state index is 0.0732. The first kappa shape index (κ1) is 15.9. The van der Waals surface area contributed by atoms with Gasteiger partial charge < -0.3 is 19.1 Å². The first-order valence-corrected chi connectivity index (χ1v) is 8.75. The number of nitrogens with zero attached hydrogens (tertiary/aromatic N) is 2. The standard InChI is InChI=1S/C18H24N2O4/c21-18(17-13-22-9-10-24-17)20-6-4-19(5-7-20)12-14-1-2-16-15(11-14)3-8-23-16/h1-2,11,17H,3-10,12-13H2/t17-/m1/s1. The lowest BCUT2D eigenvalue weighted by Crippen LogP contribution is -2.53. The molecule has 0 aromatic heterocycles. The second-order valence-corrected chi connectivity index (χ2v) is 6.58. The van der Waals surface area contributed by atoms with Gasteiger partial charge in [-0.2, -0.15) is 0 Å². The van der Waals surface area contributed by atoms with Crippen molar-refractivity contribution in [2.75, 3.05) is 52.6 Å². The molecular formula is C18H24N2O4. The maximum Gasteiger partial charge on any atom is 0.254 e. The molecule has 2 fully saturated rings. The van der Waals surface area contributed by atoms with Crippen LogP contribution < -0.4 is 4.74 Å². The molecule has 0 bridgehead atoms. The largest absolute Gasteiger partial charge is 0.493 e. The molecule has 3 aliphatic rings. The first-order chi connectivity index (χ1) is 11.8. The molecule has 24 heavy (non-hydrogen) atoms. The van der Waals surface area contributed by atoms with E-state index in [-0.39, 0.29) is 5.91 Å². The summed E-state index contributed by atoms with van der Waals surface area (Å²) in [4.78, 5) is 16.7.